The molecule has 0 fully saturated rings. The predicted molar refractivity (Wildman–Crippen MR) is 58.2 cm³/mol. The third kappa shape index (κ3) is 2.93. The Morgan fingerprint density at radius 2 is 2.07 bits per heavy atom. The van der Waals surface area contributed by atoms with Crippen molar-refractivity contribution in [2.24, 2.45) is 0 Å². The highest BCUT2D eigenvalue weighted by Gasteiger charge is 2.12. The van der Waals surface area contributed by atoms with Crippen LogP contribution in [0.3, 0.4) is 0 Å². The Balaban J connectivity index is 2.90. The lowest BCUT2D eigenvalue weighted by Gasteiger charge is -2.12. The summed E-state index contributed by atoms with van der Waals surface area (Å²) in [6, 6.07) is 1.63. The fraction of sp³-hybridized carbons (Fsp3) is 0.286. The summed E-state index contributed by atoms with van der Waals surface area (Å²) < 4.78 is 26.9. The summed E-state index contributed by atoms with van der Waals surface area (Å²) in [5.41, 5.74) is 0.424. The van der Waals surface area contributed by atoms with Crippen LogP contribution in [0.25, 0.3) is 0 Å². The number of hydrogen-bond donors (Lipinski definition) is 1. The van der Waals surface area contributed by atoms with Crippen LogP contribution in [0.1, 0.15) is 0 Å². The molecule has 5 nitrogen and oxygen atoms in total. The number of nitrogens with zero attached hydrogens (tertiary/aromatic N) is 2. The second-order valence-corrected chi connectivity index (χ2v) is 5.58. The Morgan fingerprint density at radius 1 is 1.43 bits per heavy atom. The molecule has 0 bridgehead atoms. The van der Waals surface area contributed by atoms with E-state index in [0.717, 1.165) is 8.78 Å². The van der Waals surface area contributed by atoms with Crippen LogP contribution in [0.4, 0.5) is 5.69 Å². The van der Waals surface area contributed by atoms with Crippen LogP contribution in [0.2, 0.25) is 0 Å². The minimum atomic E-state index is -3.45. The van der Waals surface area contributed by atoms with E-state index in [9.17, 15) is 8.42 Å². The minimum absolute atomic E-state index is 0.424. The summed E-state index contributed by atoms with van der Waals surface area (Å²) in [7, 11) is -0.541. The lowest BCUT2D eigenvalue weighted by molar-refractivity contribution is 0.527. The minimum Gasteiger partial charge on any atom is -0.269 e. The fourth-order valence-corrected chi connectivity index (χ4v) is 1.66. The van der Waals surface area contributed by atoms with Gasteiger partial charge in [-0.3, -0.25) is 9.71 Å². The van der Waals surface area contributed by atoms with Crippen molar-refractivity contribution in [1.29, 1.82) is 0 Å². The molecular weight excluding hydrogens is 270 g/mol. The third-order valence-electron chi connectivity index (χ3n) is 1.43. The summed E-state index contributed by atoms with van der Waals surface area (Å²) in [4.78, 5) is 3.84. The standard InChI is InChI=1S/C7H10BrN3O2S/c1-11(2)14(12,13)10-7-3-6(8)4-9-5-7/h3-5,10H,1-2H3. The third-order valence-corrected chi connectivity index (χ3v) is 3.32. The summed E-state index contributed by atoms with van der Waals surface area (Å²) in [6.07, 6.45) is 3.01. The van der Waals surface area contributed by atoms with E-state index in [4.69, 9.17) is 0 Å². The van der Waals surface area contributed by atoms with Crippen LogP contribution in [0.15, 0.2) is 22.9 Å². The molecule has 0 saturated carbocycles. The highest BCUT2D eigenvalue weighted by Crippen LogP contribution is 2.15. The molecule has 1 aromatic rings. The van der Waals surface area contributed by atoms with Gasteiger partial charge in [0.1, 0.15) is 0 Å². The molecule has 78 valence electrons. The summed E-state index contributed by atoms with van der Waals surface area (Å²) in [6.45, 7) is 0. The SMILES string of the molecule is CN(C)S(=O)(=O)Nc1cncc(Br)c1. The van der Waals surface area contributed by atoms with Crippen molar-refractivity contribution in [1.82, 2.24) is 9.29 Å². The first kappa shape index (κ1) is 11.4. The van der Waals surface area contributed by atoms with Gasteiger partial charge in [0.15, 0.2) is 0 Å². The van der Waals surface area contributed by atoms with E-state index in [1.165, 1.54) is 20.3 Å². The Bertz CT molecular complexity index is 419. The normalized spacial score (nSPS) is 11.7. The van der Waals surface area contributed by atoms with Gasteiger partial charge in [-0.25, -0.2) is 0 Å². The van der Waals surface area contributed by atoms with E-state index >= 15 is 0 Å². The molecule has 1 heterocycles. The van der Waals surface area contributed by atoms with Gasteiger partial charge in [-0.05, 0) is 22.0 Å². The maximum absolute atomic E-state index is 11.4. The summed E-state index contributed by atoms with van der Waals surface area (Å²) in [5, 5.41) is 0. The average molecular weight is 280 g/mol. The van der Waals surface area contributed by atoms with Crippen molar-refractivity contribution >= 4 is 31.8 Å². The van der Waals surface area contributed by atoms with Gasteiger partial charge in [0.2, 0.25) is 0 Å². The first-order chi connectivity index (χ1) is 6.42. The molecule has 0 saturated heterocycles. The van der Waals surface area contributed by atoms with E-state index in [0.29, 0.717) is 5.69 Å². The van der Waals surface area contributed by atoms with E-state index in [-0.39, 0.29) is 0 Å². The topological polar surface area (TPSA) is 62.3 Å². The first-order valence-electron chi connectivity index (χ1n) is 3.72. The lowest BCUT2D eigenvalue weighted by Crippen LogP contribution is -2.28. The maximum Gasteiger partial charge on any atom is 0.301 e. The molecule has 1 rings (SSSR count). The van der Waals surface area contributed by atoms with Crippen LogP contribution in [0.5, 0.6) is 0 Å². The molecule has 1 aromatic heterocycles. The molecule has 0 amide bonds. The van der Waals surface area contributed by atoms with E-state index in [1.54, 1.807) is 12.3 Å². The van der Waals surface area contributed by atoms with Gasteiger partial charge in [0, 0.05) is 24.8 Å². The number of hydrogen-bond acceptors (Lipinski definition) is 3. The second kappa shape index (κ2) is 4.24. The number of halogens is 1. The van der Waals surface area contributed by atoms with Crippen LogP contribution in [-0.4, -0.2) is 31.8 Å². The highest BCUT2D eigenvalue weighted by molar-refractivity contribution is 9.10. The largest absolute Gasteiger partial charge is 0.301 e. The number of rotatable bonds is 3. The molecule has 0 radical (unpaired) electrons. The molecular formula is C7H10BrN3O2S. The van der Waals surface area contributed by atoms with Gasteiger partial charge in [0.25, 0.3) is 0 Å². The van der Waals surface area contributed by atoms with Crippen LogP contribution < -0.4 is 4.72 Å². The Labute approximate surface area is 91.5 Å². The van der Waals surface area contributed by atoms with E-state index < -0.39 is 10.2 Å². The molecule has 0 atom stereocenters. The van der Waals surface area contributed by atoms with Gasteiger partial charge < -0.3 is 0 Å². The monoisotopic (exact) mass is 279 g/mol. The molecule has 0 aliphatic carbocycles. The number of aromatic nitrogens is 1. The Hall–Kier alpha value is -0.660. The Morgan fingerprint density at radius 3 is 2.57 bits per heavy atom. The van der Waals surface area contributed by atoms with Gasteiger partial charge >= 0.3 is 10.2 Å². The van der Waals surface area contributed by atoms with E-state index in [1.807, 2.05) is 0 Å². The van der Waals surface area contributed by atoms with Crippen molar-refractivity contribution in [3.8, 4) is 0 Å². The lowest BCUT2D eigenvalue weighted by atomic mass is 10.4. The number of nitrogens with one attached hydrogen (secondary N) is 1. The van der Waals surface area contributed by atoms with Gasteiger partial charge in [0.05, 0.1) is 11.9 Å². The number of pyridine rings is 1. The zero-order valence-corrected chi connectivity index (χ0v) is 10.1. The number of anilines is 1. The molecule has 14 heavy (non-hydrogen) atoms. The van der Waals surface area contributed by atoms with Crippen molar-refractivity contribution in [3.63, 3.8) is 0 Å². The van der Waals surface area contributed by atoms with E-state index in [2.05, 4.69) is 25.6 Å². The molecule has 1 N–H and O–H groups in total. The zero-order chi connectivity index (χ0) is 10.8. The first-order valence-corrected chi connectivity index (χ1v) is 5.96. The summed E-state index contributed by atoms with van der Waals surface area (Å²) in [5.74, 6) is 0. The average Bonchev–Trinajstić information content (AvgIpc) is 2.02. The van der Waals surface area contributed by atoms with Crippen LogP contribution >= 0.6 is 15.9 Å². The van der Waals surface area contributed by atoms with Crippen molar-refractivity contribution in [2.45, 2.75) is 0 Å². The molecule has 0 aliphatic rings. The molecule has 0 unspecified atom stereocenters. The quantitative estimate of drug-likeness (QED) is 0.900. The smallest absolute Gasteiger partial charge is 0.269 e. The van der Waals surface area contributed by atoms with Crippen molar-refractivity contribution in [2.75, 3.05) is 18.8 Å². The van der Waals surface area contributed by atoms with Crippen molar-refractivity contribution < 1.29 is 8.42 Å². The maximum atomic E-state index is 11.4. The highest BCUT2D eigenvalue weighted by atomic mass is 79.9. The summed E-state index contributed by atoms with van der Waals surface area (Å²) >= 11 is 3.20. The van der Waals surface area contributed by atoms with Crippen LogP contribution in [-0.2, 0) is 10.2 Å². The molecule has 7 heteroatoms. The van der Waals surface area contributed by atoms with Crippen molar-refractivity contribution in [3.05, 3.63) is 22.9 Å². The molecule has 0 aliphatic heterocycles. The van der Waals surface area contributed by atoms with Gasteiger partial charge in [-0.1, -0.05) is 0 Å². The molecule has 0 aromatic carbocycles. The second-order valence-electron chi connectivity index (χ2n) is 2.78. The Kier molecular flexibility index (Phi) is 3.46. The molecule has 0 spiro atoms. The van der Waals surface area contributed by atoms with Gasteiger partial charge in [-0.2, -0.15) is 12.7 Å². The fourth-order valence-electron chi connectivity index (χ4n) is 0.708. The zero-order valence-electron chi connectivity index (χ0n) is 7.73. The predicted octanol–water partition coefficient (Wildman–Crippen LogP) is 1.06. The van der Waals surface area contributed by atoms with Gasteiger partial charge in [-0.15, -0.1) is 0 Å². The van der Waals surface area contributed by atoms with Crippen LogP contribution in [0, 0.1) is 0 Å².